The summed E-state index contributed by atoms with van der Waals surface area (Å²) in [5.41, 5.74) is 1.29. The van der Waals surface area contributed by atoms with E-state index < -0.39 is 35.6 Å². The molecule has 0 spiro atoms. The molecule has 2 aromatic carbocycles. The van der Waals surface area contributed by atoms with Gasteiger partial charge in [-0.2, -0.15) is 0 Å². The lowest BCUT2D eigenvalue weighted by molar-refractivity contribution is -0.148. The number of rotatable bonds is 9. The van der Waals surface area contributed by atoms with Gasteiger partial charge in [-0.1, -0.05) is 62.1 Å². The van der Waals surface area contributed by atoms with Crippen LogP contribution in [0, 0.1) is 23.7 Å². The van der Waals surface area contributed by atoms with Crippen LogP contribution in [0.5, 0.6) is 0 Å². The van der Waals surface area contributed by atoms with Gasteiger partial charge < -0.3 is 20.0 Å². The summed E-state index contributed by atoms with van der Waals surface area (Å²) in [6.45, 7) is 0.327. The molecule has 4 atom stereocenters. The van der Waals surface area contributed by atoms with Gasteiger partial charge in [-0.05, 0) is 49.9 Å². The minimum absolute atomic E-state index is 0.163. The highest BCUT2D eigenvalue weighted by Gasteiger charge is 2.40. The van der Waals surface area contributed by atoms with Gasteiger partial charge in [0.15, 0.2) is 0 Å². The zero-order valence-corrected chi connectivity index (χ0v) is 21.6. The highest BCUT2D eigenvalue weighted by atomic mass is 16.4. The molecule has 2 aliphatic carbocycles. The van der Waals surface area contributed by atoms with Crippen LogP contribution in [-0.2, 0) is 19.2 Å². The Morgan fingerprint density at radius 3 is 1.18 bits per heavy atom. The Kier molecular flexibility index (Phi) is 9.15. The molecule has 0 heterocycles. The van der Waals surface area contributed by atoms with E-state index in [1.54, 1.807) is 9.80 Å². The molecule has 0 unspecified atom stereocenters. The number of nitrogens with zero attached hydrogens (tertiary/aromatic N) is 2. The molecular weight excluding hydrogens is 484 g/mol. The lowest BCUT2D eigenvalue weighted by Crippen LogP contribution is -2.48. The monoisotopic (exact) mass is 520 g/mol. The van der Waals surface area contributed by atoms with Crippen LogP contribution in [0.1, 0.15) is 51.4 Å². The van der Waals surface area contributed by atoms with Gasteiger partial charge in [0.05, 0.1) is 23.7 Å². The summed E-state index contributed by atoms with van der Waals surface area (Å²) < 4.78 is 0. The van der Waals surface area contributed by atoms with Gasteiger partial charge in [0, 0.05) is 24.5 Å². The van der Waals surface area contributed by atoms with E-state index in [-0.39, 0.29) is 24.9 Å². The average Bonchev–Trinajstić information content (AvgIpc) is 2.95. The maximum Gasteiger partial charge on any atom is 0.307 e. The van der Waals surface area contributed by atoms with Crippen molar-refractivity contribution >= 4 is 35.1 Å². The predicted octanol–water partition coefficient (Wildman–Crippen LogP) is 4.83. The normalized spacial score (nSPS) is 23.3. The largest absolute Gasteiger partial charge is 0.481 e. The van der Waals surface area contributed by atoms with Crippen molar-refractivity contribution in [3.05, 3.63) is 60.7 Å². The maximum atomic E-state index is 13.9. The van der Waals surface area contributed by atoms with Gasteiger partial charge in [0.25, 0.3) is 0 Å². The minimum atomic E-state index is -0.950. The Labute approximate surface area is 223 Å². The Balaban J connectivity index is 1.62. The standard InChI is InChI=1S/C30H36N2O6/c33-27(23-15-7-9-17-25(23)29(35)36)31(21-11-3-1-4-12-21)19-20-32(22-13-5-2-6-14-22)28(34)24-16-8-10-18-26(24)30(37)38/h1-6,11-14,23-26H,7-10,15-20H2,(H,35,36)(H,37,38)/t23-,24-,25+,26+/m0/s1. The predicted molar refractivity (Wildman–Crippen MR) is 144 cm³/mol. The fourth-order valence-electron chi connectivity index (χ4n) is 5.99. The lowest BCUT2D eigenvalue weighted by atomic mass is 9.78. The van der Waals surface area contributed by atoms with E-state index in [9.17, 15) is 29.4 Å². The van der Waals surface area contributed by atoms with Crippen molar-refractivity contribution < 1.29 is 29.4 Å². The van der Waals surface area contributed by atoms with Crippen molar-refractivity contribution in [2.45, 2.75) is 51.4 Å². The summed E-state index contributed by atoms with van der Waals surface area (Å²) in [5, 5.41) is 19.6. The van der Waals surface area contributed by atoms with Gasteiger partial charge in [-0.15, -0.1) is 0 Å². The molecule has 2 N–H and O–H groups in total. The van der Waals surface area contributed by atoms with E-state index >= 15 is 0 Å². The highest BCUT2D eigenvalue weighted by Crippen LogP contribution is 2.35. The average molecular weight is 521 g/mol. The van der Waals surface area contributed by atoms with Crippen molar-refractivity contribution in [1.29, 1.82) is 0 Å². The number of benzene rings is 2. The van der Waals surface area contributed by atoms with E-state index in [0.29, 0.717) is 37.1 Å². The van der Waals surface area contributed by atoms with Crippen LogP contribution in [0.2, 0.25) is 0 Å². The first-order valence-corrected chi connectivity index (χ1v) is 13.6. The molecule has 0 aromatic heterocycles. The van der Waals surface area contributed by atoms with Crippen molar-refractivity contribution in [3.8, 4) is 0 Å². The Morgan fingerprint density at radius 1 is 0.553 bits per heavy atom. The van der Waals surface area contributed by atoms with Crippen LogP contribution in [-0.4, -0.2) is 47.1 Å². The number of aliphatic carboxylic acids is 2. The van der Waals surface area contributed by atoms with Crippen molar-refractivity contribution in [1.82, 2.24) is 0 Å². The van der Waals surface area contributed by atoms with Gasteiger partial charge in [-0.25, -0.2) is 0 Å². The van der Waals surface area contributed by atoms with Crippen LogP contribution in [0.3, 0.4) is 0 Å². The molecule has 4 rings (SSSR count). The summed E-state index contributed by atoms with van der Waals surface area (Å²) in [7, 11) is 0. The zero-order chi connectivity index (χ0) is 27.1. The number of anilines is 2. The Bertz CT molecular complexity index is 1030. The van der Waals surface area contributed by atoms with Gasteiger partial charge in [-0.3, -0.25) is 19.2 Å². The molecule has 2 amide bonds. The second kappa shape index (κ2) is 12.7. The molecule has 8 nitrogen and oxygen atoms in total. The smallest absolute Gasteiger partial charge is 0.307 e. The summed E-state index contributed by atoms with van der Waals surface area (Å²) in [6.07, 6.45) is 5.16. The molecule has 38 heavy (non-hydrogen) atoms. The van der Waals surface area contributed by atoms with Crippen molar-refractivity contribution in [2.24, 2.45) is 23.7 Å². The molecule has 0 aliphatic heterocycles. The summed E-state index contributed by atoms with van der Waals surface area (Å²) in [6, 6.07) is 18.2. The fourth-order valence-corrected chi connectivity index (χ4v) is 5.99. The molecule has 2 aromatic rings. The second-order valence-corrected chi connectivity index (χ2v) is 10.3. The number of hydrogen-bond acceptors (Lipinski definition) is 4. The summed E-state index contributed by atoms with van der Waals surface area (Å²) >= 11 is 0. The fraction of sp³-hybridized carbons (Fsp3) is 0.467. The third-order valence-corrected chi connectivity index (χ3v) is 8.02. The number of carbonyl (C=O) groups is 4. The molecule has 2 aliphatic rings. The first-order valence-electron chi connectivity index (χ1n) is 13.6. The zero-order valence-electron chi connectivity index (χ0n) is 21.6. The quantitative estimate of drug-likeness (QED) is 0.489. The number of para-hydroxylation sites is 2. The van der Waals surface area contributed by atoms with E-state index in [0.717, 1.165) is 25.7 Å². The molecule has 2 saturated carbocycles. The highest BCUT2D eigenvalue weighted by molar-refractivity contribution is 5.99. The van der Waals surface area contributed by atoms with Crippen LogP contribution < -0.4 is 9.80 Å². The molecule has 2 fully saturated rings. The van der Waals surface area contributed by atoms with Crippen molar-refractivity contribution in [3.63, 3.8) is 0 Å². The number of carboxylic acids is 2. The molecule has 0 radical (unpaired) electrons. The first-order chi connectivity index (χ1) is 18.4. The van der Waals surface area contributed by atoms with Crippen LogP contribution >= 0.6 is 0 Å². The number of amides is 2. The Hall–Kier alpha value is -3.68. The summed E-state index contributed by atoms with van der Waals surface area (Å²) in [5.74, 6) is -5.10. The van der Waals surface area contributed by atoms with Crippen molar-refractivity contribution in [2.75, 3.05) is 22.9 Å². The number of carbonyl (C=O) groups excluding carboxylic acids is 2. The van der Waals surface area contributed by atoms with Crippen LogP contribution in [0.25, 0.3) is 0 Å². The lowest BCUT2D eigenvalue weighted by Gasteiger charge is -2.36. The number of hydrogen-bond donors (Lipinski definition) is 2. The topological polar surface area (TPSA) is 115 Å². The molecular formula is C30H36N2O6. The van der Waals surface area contributed by atoms with Crippen LogP contribution in [0.15, 0.2) is 60.7 Å². The van der Waals surface area contributed by atoms with E-state index in [2.05, 4.69) is 0 Å². The third-order valence-electron chi connectivity index (χ3n) is 8.02. The maximum absolute atomic E-state index is 13.9. The number of carboxylic acid groups (broad SMARTS) is 2. The SMILES string of the molecule is O=C(O)[C@@H]1CCCC[C@@H]1C(=O)N(CCN(C(=O)[C@H]1CCCC[C@H]1C(=O)O)c1ccccc1)c1ccccc1. The van der Waals surface area contributed by atoms with E-state index in [1.807, 2.05) is 60.7 Å². The van der Waals surface area contributed by atoms with E-state index in [4.69, 9.17) is 0 Å². The minimum Gasteiger partial charge on any atom is -0.481 e. The summed E-state index contributed by atoms with van der Waals surface area (Å²) in [4.78, 5) is 54.8. The van der Waals surface area contributed by atoms with Gasteiger partial charge in [0.2, 0.25) is 11.8 Å². The molecule has 202 valence electrons. The molecule has 0 saturated heterocycles. The third kappa shape index (κ3) is 6.23. The van der Waals surface area contributed by atoms with Gasteiger partial charge in [0.1, 0.15) is 0 Å². The molecule has 8 heteroatoms. The Morgan fingerprint density at radius 2 is 0.868 bits per heavy atom. The first kappa shape index (κ1) is 27.4. The van der Waals surface area contributed by atoms with Crippen LogP contribution in [0.4, 0.5) is 11.4 Å². The van der Waals surface area contributed by atoms with Gasteiger partial charge >= 0.3 is 11.9 Å². The molecule has 0 bridgehead atoms. The second-order valence-electron chi connectivity index (χ2n) is 10.3. The van der Waals surface area contributed by atoms with E-state index in [1.165, 1.54) is 0 Å².